The van der Waals surface area contributed by atoms with Crippen LogP contribution in [0.15, 0.2) is 60.4 Å². The van der Waals surface area contributed by atoms with Gasteiger partial charge >= 0.3 is 0 Å². The molecule has 2 aromatic heterocycles. The van der Waals surface area contributed by atoms with E-state index in [1.807, 2.05) is 25.1 Å². The number of rotatable bonds is 8. The monoisotopic (exact) mass is 581 g/mol. The quantitative estimate of drug-likeness (QED) is 0.236. The number of carbonyl (C=O) groups excluding carboxylic acids is 1. The number of pyridine rings is 1. The Morgan fingerprint density at radius 1 is 1.09 bits per heavy atom. The maximum Gasteiger partial charge on any atom is 0.260 e. The van der Waals surface area contributed by atoms with E-state index in [1.165, 1.54) is 23.1 Å². The van der Waals surface area contributed by atoms with E-state index in [0.717, 1.165) is 54.5 Å². The van der Waals surface area contributed by atoms with Gasteiger partial charge in [-0.3, -0.25) is 9.69 Å². The van der Waals surface area contributed by atoms with E-state index >= 15 is 4.39 Å². The van der Waals surface area contributed by atoms with E-state index in [4.69, 9.17) is 4.98 Å². The molecule has 0 spiro atoms. The molecule has 0 unspecified atom stereocenters. The summed E-state index contributed by atoms with van der Waals surface area (Å²) < 4.78 is 31.6. The van der Waals surface area contributed by atoms with Crippen LogP contribution in [0.25, 0.3) is 22.5 Å². The Kier molecular flexibility index (Phi) is 6.73. The highest BCUT2D eigenvalue weighted by Gasteiger charge is 2.35. The summed E-state index contributed by atoms with van der Waals surface area (Å²) in [6.45, 7) is 2.07. The molecule has 1 aliphatic heterocycles. The summed E-state index contributed by atoms with van der Waals surface area (Å²) >= 11 is 0. The van der Waals surface area contributed by atoms with Crippen LogP contribution in [0.5, 0.6) is 0 Å². The number of anilines is 1. The molecule has 4 aromatic rings. The minimum absolute atomic E-state index is 0.0856. The maximum absolute atomic E-state index is 15.4. The minimum atomic E-state index is -0.607. The molecule has 0 radical (unpaired) electrons. The number of hydrogen-bond donors (Lipinski definition) is 1. The van der Waals surface area contributed by atoms with Crippen molar-refractivity contribution in [3.05, 3.63) is 94.5 Å². The van der Waals surface area contributed by atoms with Crippen LogP contribution in [0.3, 0.4) is 0 Å². The van der Waals surface area contributed by atoms with Crippen LogP contribution in [-0.4, -0.2) is 36.4 Å². The van der Waals surface area contributed by atoms with Crippen LogP contribution in [-0.2, 0) is 20.0 Å². The fourth-order valence-corrected chi connectivity index (χ4v) is 6.27. The molecule has 0 bridgehead atoms. The summed E-state index contributed by atoms with van der Waals surface area (Å²) in [4.78, 5) is 20.2. The molecule has 1 N–H and O–H groups in total. The number of allylic oxidation sites excluding steroid dienone is 1. The number of halogens is 2. The van der Waals surface area contributed by atoms with Crippen molar-refractivity contribution >= 4 is 11.7 Å². The Hall–Kier alpha value is -4.24. The van der Waals surface area contributed by atoms with Gasteiger partial charge in [0, 0.05) is 35.3 Å². The second-order valence-electron chi connectivity index (χ2n) is 12.4. The summed E-state index contributed by atoms with van der Waals surface area (Å²) in [5, 5.41) is 18.6. The Balaban J connectivity index is 1.22. The van der Waals surface area contributed by atoms with Gasteiger partial charge in [0.1, 0.15) is 23.8 Å². The molecule has 2 fully saturated rings. The van der Waals surface area contributed by atoms with E-state index in [0.29, 0.717) is 46.7 Å². The minimum Gasteiger partial charge on any atom is -0.390 e. The van der Waals surface area contributed by atoms with Crippen molar-refractivity contribution in [2.45, 2.75) is 69.9 Å². The third kappa shape index (κ3) is 5.27. The lowest BCUT2D eigenvalue weighted by molar-refractivity contribution is -0.0322. The van der Waals surface area contributed by atoms with Crippen LogP contribution < -0.4 is 4.90 Å². The normalized spacial score (nSPS) is 17.7. The predicted molar refractivity (Wildman–Crippen MR) is 159 cm³/mol. The number of aliphatic hydroxyl groups is 1. The fraction of sp³-hybridized carbons (Fsp3) is 0.353. The summed E-state index contributed by atoms with van der Waals surface area (Å²) in [5.74, 6) is 0.158. The highest BCUT2D eigenvalue weighted by atomic mass is 19.1. The molecule has 220 valence electrons. The number of amides is 1. The Labute approximate surface area is 248 Å². The van der Waals surface area contributed by atoms with Gasteiger partial charge in [0.15, 0.2) is 5.82 Å². The van der Waals surface area contributed by atoms with Crippen molar-refractivity contribution in [2.75, 3.05) is 4.90 Å². The van der Waals surface area contributed by atoms with Crippen molar-refractivity contribution < 1.29 is 18.7 Å². The lowest BCUT2D eigenvalue weighted by Crippen LogP contribution is -2.36. The zero-order valence-corrected chi connectivity index (χ0v) is 24.3. The molecule has 2 aliphatic carbocycles. The molecular weight excluding hydrogens is 548 g/mol. The topological polar surface area (TPSA) is 84.1 Å². The summed E-state index contributed by atoms with van der Waals surface area (Å²) in [7, 11) is 1.80. The van der Waals surface area contributed by atoms with Crippen molar-refractivity contribution in [1.82, 2.24) is 19.7 Å². The van der Waals surface area contributed by atoms with Crippen LogP contribution in [0, 0.1) is 11.6 Å². The average Bonchev–Trinajstić information content (AvgIpc) is 3.65. The molecule has 43 heavy (non-hydrogen) atoms. The van der Waals surface area contributed by atoms with Crippen LogP contribution >= 0.6 is 0 Å². The number of hydrogen-bond acceptors (Lipinski definition) is 5. The van der Waals surface area contributed by atoms with Crippen molar-refractivity contribution in [3.8, 4) is 22.5 Å². The molecule has 9 heteroatoms. The standard InChI is InChI=1S/C34H33F2N5O2/c1-20(17-34(43)10-3-11-34)4-5-21-12-27-28(29(36)13-21)18-41(33(27)42)31-15-23(14-30(38-31)22-6-7-22)25-9-8-24(35)16-26(25)32-39-37-19-40(32)2/h4,8-9,12-16,19,22,43H,3,5-7,10-11,17-18H2,1-2H3/b20-4-. The van der Waals surface area contributed by atoms with Gasteiger partial charge in [-0.2, -0.15) is 0 Å². The Morgan fingerprint density at radius 2 is 1.91 bits per heavy atom. The first-order valence-electron chi connectivity index (χ1n) is 14.8. The van der Waals surface area contributed by atoms with E-state index in [2.05, 4.69) is 10.2 Å². The second kappa shape index (κ2) is 10.5. The van der Waals surface area contributed by atoms with Gasteiger partial charge in [0.2, 0.25) is 0 Å². The summed E-state index contributed by atoms with van der Waals surface area (Å²) in [5.41, 5.74) is 4.85. The molecule has 3 aliphatic rings. The Bertz CT molecular complexity index is 1790. The number of benzene rings is 2. The highest BCUT2D eigenvalue weighted by Crippen LogP contribution is 2.43. The van der Waals surface area contributed by atoms with Gasteiger partial charge in [-0.1, -0.05) is 17.7 Å². The first-order chi connectivity index (χ1) is 20.7. The Morgan fingerprint density at radius 3 is 2.60 bits per heavy atom. The highest BCUT2D eigenvalue weighted by molar-refractivity contribution is 6.10. The third-order valence-electron chi connectivity index (χ3n) is 8.97. The molecule has 3 heterocycles. The average molecular weight is 582 g/mol. The maximum atomic E-state index is 15.4. The first kappa shape index (κ1) is 27.6. The zero-order chi connectivity index (χ0) is 29.9. The molecule has 2 aromatic carbocycles. The number of fused-ring (bicyclic) bond motifs is 1. The molecular formula is C34H33F2N5O2. The summed E-state index contributed by atoms with van der Waals surface area (Å²) in [6, 6.07) is 11.6. The van der Waals surface area contributed by atoms with E-state index in [-0.39, 0.29) is 24.2 Å². The van der Waals surface area contributed by atoms with Gasteiger partial charge < -0.3 is 9.67 Å². The first-order valence-corrected chi connectivity index (χ1v) is 14.8. The lowest BCUT2D eigenvalue weighted by atomic mass is 9.76. The second-order valence-corrected chi connectivity index (χ2v) is 12.4. The van der Waals surface area contributed by atoms with E-state index in [1.54, 1.807) is 30.1 Å². The molecule has 0 saturated heterocycles. The van der Waals surface area contributed by atoms with Gasteiger partial charge in [-0.05, 0) is 105 Å². The van der Waals surface area contributed by atoms with E-state index < -0.39 is 11.4 Å². The number of nitrogens with zero attached hydrogens (tertiary/aromatic N) is 5. The number of aryl methyl sites for hydroxylation is 1. The van der Waals surface area contributed by atoms with Crippen molar-refractivity contribution in [2.24, 2.45) is 7.05 Å². The van der Waals surface area contributed by atoms with Gasteiger partial charge in [0.05, 0.1) is 12.1 Å². The van der Waals surface area contributed by atoms with Gasteiger partial charge in [0.25, 0.3) is 5.91 Å². The SMILES string of the molecule is C/C(=C/Cc1cc(F)c2c(c1)C(=O)N(c1cc(-c3ccc(F)cc3-c3nncn3C)cc(C3CC3)n1)C2)CC1(O)CCC1. The fourth-order valence-electron chi connectivity index (χ4n) is 6.27. The predicted octanol–water partition coefficient (Wildman–Crippen LogP) is 6.65. The largest absolute Gasteiger partial charge is 0.390 e. The van der Waals surface area contributed by atoms with Crippen molar-refractivity contribution in [3.63, 3.8) is 0 Å². The molecule has 1 amide bonds. The number of aromatic nitrogens is 4. The van der Waals surface area contributed by atoms with Crippen LogP contribution in [0.1, 0.15) is 78.5 Å². The molecule has 0 atom stereocenters. The van der Waals surface area contributed by atoms with Crippen LogP contribution in [0.4, 0.5) is 14.6 Å². The smallest absolute Gasteiger partial charge is 0.260 e. The molecule has 2 saturated carbocycles. The zero-order valence-electron chi connectivity index (χ0n) is 24.3. The van der Waals surface area contributed by atoms with Gasteiger partial charge in [-0.25, -0.2) is 13.8 Å². The summed E-state index contributed by atoms with van der Waals surface area (Å²) in [6.07, 6.45) is 9.36. The molecule has 7 nitrogen and oxygen atoms in total. The lowest BCUT2D eigenvalue weighted by Gasteiger charge is -2.37. The van der Waals surface area contributed by atoms with E-state index in [9.17, 15) is 14.3 Å². The third-order valence-corrected chi connectivity index (χ3v) is 8.97. The van der Waals surface area contributed by atoms with Gasteiger partial charge in [-0.15, -0.1) is 10.2 Å². The number of carbonyl (C=O) groups is 1. The van der Waals surface area contributed by atoms with Crippen molar-refractivity contribution in [1.29, 1.82) is 0 Å². The molecule has 7 rings (SSSR count). The van der Waals surface area contributed by atoms with Crippen LogP contribution in [0.2, 0.25) is 0 Å².